The Labute approximate surface area is 157 Å². The van der Waals surface area contributed by atoms with Crippen molar-refractivity contribution >= 4 is 11.0 Å². The highest BCUT2D eigenvalue weighted by Gasteiger charge is 2.26. The van der Waals surface area contributed by atoms with Crippen molar-refractivity contribution in [3.63, 3.8) is 0 Å². The molecular formula is C21H24F2N4. The van der Waals surface area contributed by atoms with E-state index in [1.807, 2.05) is 6.20 Å². The van der Waals surface area contributed by atoms with E-state index in [-0.39, 0.29) is 5.69 Å². The topological polar surface area (TPSA) is 34.0 Å². The van der Waals surface area contributed by atoms with Crippen LogP contribution in [0.5, 0.6) is 0 Å². The molecule has 0 fully saturated rings. The average molecular weight is 370 g/mol. The van der Waals surface area contributed by atoms with Gasteiger partial charge >= 0.3 is 0 Å². The number of fused-ring (bicyclic) bond motifs is 3. The third-order valence-corrected chi connectivity index (χ3v) is 5.32. The Balaban J connectivity index is 1.64. The summed E-state index contributed by atoms with van der Waals surface area (Å²) in [5.74, 6) is -2.90. The minimum atomic E-state index is -2.90. The molecule has 4 heterocycles. The van der Waals surface area contributed by atoms with E-state index in [9.17, 15) is 8.78 Å². The third-order valence-electron chi connectivity index (χ3n) is 5.32. The van der Waals surface area contributed by atoms with Gasteiger partial charge in [0.1, 0.15) is 11.3 Å². The number of pyridine rings is 2. The van der Waals surface area contributed by atoms with Crippen molar-refractivity contribution in [2.45, 2.75) is 45.7 Å². The van der Waals surface area contributed by atoms with Crippen molar-refractivity contribution in [1.82, 2.24) is 19.4 Å². The van der Waals surface area contributed by atoms with E-state index in [1.165, 1.54) is 22.7 Å². The van der Waals surface area contributed by atoms with Gasteiger partial charge in [-0.1, -0.05) is 6.07 Å². The van der Waals surface area contributed by atoms with Gasteiger partial charge in [-0.25, -0.2) is 4.98 Å². The number of alkyl halides is 2. The minimum absolute atomic E-state index is 0.185. The van der Waals surface area contributed by atoms with Gasteiger partial charge in [-0.3, -0.25) is 4.98 Å². The molecule has 0 bridgehead atoms. The van der Waals surface area contributed by atoms with Crippen molar-refractivity contribution in [2.75, 3.05) is 13.6 Å². The molecule has 0 radical (unpaired) electrons. The quantitative estimate of drug-likeness (QED) is 0.694. The maximum absolute atomic E-state index is 13.3. The van der Waals surface area contributed by atoms with Crippen LogP contribution in [-0.2, 0) is 31.9 Å². The van der Waals surface area contributed by atoms with E-state index in [2.05, 4.69) is 34.5 Å². The normalized spacial score (nSPS) is 15.3. The van der Waals surface area contributed by atoms with E-state index in [4.69, 9.17) is 4.98 Å². The summed E-state index contributed by atoms with van der Waals surface area (Å²) in [4.78, 5) is 11.0. The van der Waals surface area contributed by atoms with Crippen LogP contribution >= 0.6 is 0 Å². The van der Waals surface area contributed by atoms with Crippen molar-refractivity contribution in [2.24, 2.45) is 0 Å². The summed E-state index contributed by atoms with van der Waals surface area (Å²) < 4.78 is 29.0. The molecule has 4 nitrogen and oxygen atoms in total. The molecule has 0 saturated carbocycles. The van der Waals surface area contributed by atoms with Crippen LogP contribution in [0, 0.1) is 6.92 Å². The largest absolute Gasteiger partial charge is 0.329 e. The van der Waals surface area contributed by atoms with Crippen LogP contribution in [0.1, 0.15) is 35.0 Å². The molecule has 142 valence electrons. The summed E-state index contributed by atoms with van der Waals surface area (Å²) in [7, 11) is 2.14. The lowest BCUT2D eigenvalue weighted by atomic mass is 10.1. The van der Waals surface area contributed by atoms with E-state index in [1.54, 1.807) is 12.3 Å². The molecule has 0 amide bonds. The van der Waals surface area contributed by atoms with Crippen LogP contribution in [0.2, 0.25) is 0 Å². The van der Waals surface area contributed by atoms with Crippen molar-refractivity contribution in [1.29, 1.82) is 0 Å². The maximum atomic E-state index is 13.3. The van der Waals surface area contributed by atoms with Crippen molar-refractivity contribution in [3.05, 3.63) is 58.7 Å². The first-order valence-electron chi connectivity index (χ1n) is 9.31. The summed E-state index contributed by atoms with van der Waals surface area (Å²) in [6.45, 7) is 5.68. The van der Waals surface area contributed by atoms with Crippen LogP contribution in [0.3, 0.4) is 0 Å². The van der Waals surface area contributed by atoms with E-state index >= 15 is 0 Å². The van der Waals surface area contributed by atoms with Gasteiger partial charge in [-0.05, 0) is 49.2 Å². The Bertz CT molecular complexity index is 970. The number of nitrogens with zero attached hydrogens (tertiary/aromatic N) is 4. The SMILES string of the molecule is Cc1cnc2c(c1)c1c(n2CCc2ccc(C(C)(F)F)nc2)CCN(C)C1. The summed E-state index contributed by atoms with van der Waals surface area (Å²) >= 11 is 0. The number of aromatic nitrogens is 3. The van der Waals surface area contributed by atoms with Gasteiger partial charge in [0.2, 0.25) is 0 Å². The lowest BCUT2D eigenvalue weighted by molar-refractivity contribution is 0.0127. The van der Waals surface area contributed by atoms with E-state index < -0.39 is 5.92 Å². The number of hydrogen-bond acceptors (Lipinski definition) is 3. The Kier molecular flexibility index (Phi) is 4.46. The summed E-state index contributed by atoms with van der Waals surface area (Å²) in [5.41, 5.74) is 5.68. The molecule has 0 aromatic carbocycles. The molecule has 0 aliphatic carbocycles. The first kappa shape index (κ1) is 18.0. The molecule has 6 heteroatoms. The highest BCUT2D eigenvalue weighted by atomic mass is 19.3. The number of hydrogen-bond donors (Lipinski definition) is 0. The van der Waals surface area contributed by atoms with Crippen LogP contribution in [-0.4, -0.2) is 33.0 Å². The number of halogens is 2. The predicted octanol–water partition coefficient (Wildman–Crippen LogP) is 4.08. The Morgan fingerprint density at radius 1 is 1.19 bits per heavy atom. The Morgan fingerprint density at radius 3 is 2.70 bits per heavy atom. The van der Waals surface area contributed by atoms with Gasteiger partial charge in [-0.15, -0.1) is 0 Å². The van der Waals surface area contributed by atoms with E-state index in [0.717, 1.165) is 56.2 Å². The van der Waals surface area contributed by atoms with Crippen LogP contribution in [0.15, 0.2) is 30.6 Å². The number of likely N-dealkylation sites (N-methyl/N-ethyl adjacent to an activating group) is 1. The molecule has 0 atom stereocenters. The highest BCUT2D eigenvalue weighted by molar-refractivity contribution is 5.83. The average Bonchev–Trinajstić information content (AvgIpc) is 2.92. The molecule has 0 saturated heterocycles. The highest BCUT2D eigenvalue weighted by Crippen LogP contribution is 2.30. The predicted molar refractivity (Wildman–Crippen MR) is 102 cm³/mol. The molecule has 0 N–H and O–H groups in total. The van der Waals surface area contributed by atoms with Gasteiger partial charge in [-0.2, -0.15) is 8.78 Å². The number of aryl methyl sites for hydroxylation is 3. The van der Waals surface area contributed by atoms with Gasteiger partial charge < -0.3 is 9.47 Å². The lowest BCUT2D eigenvalue weighted by Gasteiger charge is -2.24. The molecule has 3 aromatic rings. The smallest absolute Gasteiger partial charge is 0.286 e. The molecule has 3 aromatic heterocycles. The third kappa shape index (κ3) is 3.46. The zero-order valence-corrected chi connectivity index (χ0v) is 16.0. The summed E-state index contributed by atoms with van der Waals surface area (Å²) in [6.07, 6.45) is 5.22. The second kappa shape index (κ2) is 6.68. The first-order valence-corrected chi connectivity index (χ1v) is 9.31. The van der Waals surface area contributed by atoms with Crippen molar-refractivity contribution < 1.29 is 8.78 Å². The second-order valence-electron chi connectivity index (χ2n) is 7.64. The molecule has 1 aliphatic rings. The molecular weight excluding hydrogens is 346 g/mol. The van der Waals surface area contributed by atoms with Crippen LogP contribution < -0.4 is 0 Å². The number of rotatable bonds is 4. The molecule has 1 aliphatic heterocycles. The van der Waals surface area contributed by atoms with E-state index in [0.29, 0.717) is 0 Å². The standard InChI is InChI=1S/C21H24F2N4/c1-14-10-16-17-13-26(3)8-7-18(17)27(20(16)25-11-14)9-6-15-4-5-19(24-12-15)21(2,22)23/h4-5,10-12H,6-9,13H2,1-3H3. The van der Waals surface area contributed by atoms with Gasteiger partial charge in [0.15, 0.2) is 0 Å². The fraction of sp³-hybridized carbons (Fsp3) is 0.429. The summed E-state index contributed by atoms with van der Waals surface area (Å²) in [5, 5.41) is 1.23. The Morgan fingerprint density at radius 2 is 2.00 bits per heavy atom. The zero-order valence-electron chi connectivity index (χ0n) is 16.0. The van der Waals surface area contributed by atoms with Crippen LogP contribution in [0.4, 0.5) is 8.78 Å². The monoisotopic (exact) mass is 370 g/mol. The van der Waals surface area contributed by atoms with Gasteiger partial charge in [0, 0.05) is 56.5 Å². The van der Waals surface area contributed by atoms with Gasteiger partial charge in [0.05, 0.1) is 0 Å². The Hall–Kier alpha value is -2.34. The minimum Gasteiger partial charge on any atom is -0.329 e. The first-order chi connectivity index (χ1) is 12.8. The lowest BCUT2D eigenvalue weighted by Crippen LogP contribution is -2.27. The molecule has 27 heavy (non-hydrogen) atoms. The zero-order chi connectivity index (χ0) is 19.2. The van der Waals surface area contributed by atoms with Crippen molar-refractivity contribution in [3.8, 4) is 0 Å². The molecule has 4 rings (SSSR count). The molecule has 0 spiro atoms. The fourth-order valence-corrected chi connectivity index (χ4v) is 3.87. The fourth-order valence-electron chi connectivity index (χ4n) is 3.87. The molecule has 0 unspecified atom stereocenters. The van der Waals surface area contributed by atoms with Crippen LogP contribution in [0.25, 0.3) is 11.0 Å². The maximum Gasteiger partial charge on any atom is 0.286 e. The van der Waals surface area contributed by atoms with Gasteiger partial charge in [0.25, 0.3) is 5.92 Å². The second-order valence-corrected chi connectivity index (χ2v) is 7.64. The summed E-state index contributed by atoms with van der Waals surface area (Å²) in [6, 6.07) is 5.40.